The van der Waals surface area contributed by atoms with Gasteiger partial charge in [-0.2, -0.15) is 0 Å². The molecule has 0 saturated heterocycles. The first-order valence-electron chi connectivity index (χ1n) is 25.4. The molecule has 0 radical (unpaired) electrons. The Balaban J connectivity index is 1.92. The lowest BCUT2D eigenvalue weighted by Gasteiger charge is -2.12. The number of nitrogens with one attached hydrogen (secondary N) is 2. The van der Waals surface area contributed by atoms with E-state index >= 15 is 0 Å². The first kappa shape index (κ1) is 52.2. The fraction of sp³-hybridized carbons (Fsp3) is 0.846. The van der Waals surface area contributed by atoms with Crippen LogP contribution in [0.2, 0.25) is 0 Å². The summed E-state index contributed by atoms with van der Waals surface area (Å²) in [6, 6.07) is 7.62. The minimum Gasteiger partial charge on any atom is -0.324 e. The van der Waals surface area contributed by atoms with E-state index in [1.54, 1.807) is 0 Å². The fourth-order valence-electron chi connectivity index (χ4n) is 8.21. The third-order valence-electron chi connectivity index (χ3n) is 12.0. The number of rotatable bonds is 44. The minimum absolute atomic E-state index is 0.0446. The maximum absolute atomic E-state index is 12.7. The number of para-hydroxylation sites is 2. The molecule has 1 aromatic carbocycles. The van der Waals surface area contributed by atoms with Crippen LogP contribution in [0, 0.1) is 0 Å². The fourth-order valence-corrected chi connectivity index (χ4v) is 8.21. The van der Waals surface area contributed by atoms with E-state index in [9.17, 15) is 9.59 Å². The van der Waals surface area contributed by atoms with Crippen molar-refractivity contribution in [3.8, 4) is 0 Å². The lowest BCUT2D eigenvalue weighted by molar-refractivity contribution is -0.117. The first-order chi connectivity index (χ1) is 27.7. The highest BCUT2D eigenvalue weighted by molar-refractivity contribution is 5.99. The molecule has 1 aromatic rings. The van der Waals surface area contributed by atoms with Crippen LogP contribution in [0.15, 0.2) is 24.3 Å². The van der Waals surface area contributed by atoms with Crippen molar-refractivity contribution >= 4 is 23.2 Å². The number of amides is 2. The first-order valence-corrected chi connectivity index (χ1v) is 25.4. The summed E-state index contributed by atoms with van der Waals surface area (Å²) in [5.74, 6) is 0.0892. The molecule has 0 fully saturated rings. The molecule has 0 aliphatic rings. The van der Waals surface area contributed by atoms with Crippen molar-refractivity contribution in [2.45, 2.75) is 284 Å². The van der Waals surface area contributed by atoms with Gasteiger partial charge in [-0.05, 0) is 25.0 Å². The molecular formula is C52H96N2O2. The zero-order valence-corrected chi connectivity index (χ0v) is 37.8. The van der Waals surface area contributed by atoms with E-state index in [2.05, 4.69) is 24.5 Å². The standard InChI is InChI=1S/C52H96N2O2/c1-3-5-7-9-11-13-15-17-19-21-23-25-27-29-31-33-35-37-39-41-47-51(55)53-49-45-43-44-46-50(49)54-52(56)48-42-40-38-36-34-32-30-28-26-24-22-20-18-16-14-12-10-8-6-4-2/h43-46H,3-42,47-48H2,1-2H3,(H,53,55)(H,54,56). The molecule has 0 aliphatic carbocycles. The van der Waals surface area contributed by atoms with Gasteiger partial charge in [-0.3, -0.25) is 9.59 Å². The van der Waals surface area contributed by atoms with Crippen molar-refractivity contribution in [3.05, 3.63) is 24.3 Å². The average molecular weight is 781 g/mol. The number of unbranched alkanes of at least 4 members (excludes halogenated alkanes) is 38. The summed E-state index contributed by atoms with van der Waals surface area (Å²) in [5, 5.41) is 6.11. The van der Waals surface area contributed by atoms with E-state index in [4.69, 9.17) is 0 Å². The highest BCUT2D eigenvalue weighted by Crippen LogP contribution is 2.23. The molecule has 0 atom stereocenters. The molecule has 0 unspecified atom stereocenters. The molecule has 1 rings (SSSR count). The average Bonchev–Trinajstić information content (AvgIpc) is 3.20. The summed E-state index contributed by atoms with van der Waals surface area (Å²) in [5.41, 5.74) is 1.42. The van der Waals surface area contributed by atoms with Gasteiger partial charge in [0, 0.05) is 12.8 Å². The van der Waals surface area contributed by atoms with Crippen molar-refractivity contribution in [2.24, 2.45) is 0 Å². The highest BCUT2D eigenvalue weighted by atomic mass is 16.2. The third kappa shape index (κ3) is 36.5. The van der Waals surface area contributed by atoms with Gasteiger partial charge in [0.25, 0.3) is 0 Å². The van der Waals surface area contributed by atoms with Crippen molar-refractivity contribution in [2.75, 3.05) is 10.6 Å². The molecule has 2 amide bonds. The summed E-state index contributed by atoms with van der Waals surface area (Å²) < 4.78 is 0. The smallest absolute Gasteiger partial charge is 0.224 e. The highest BCUT2D eigenvalue weighted by Gasteiger charge is 2.10. The third-order valence-corrected chi connectivity index (χ3v) is 12.0. The summed E-state index contributed by atoms with van der Waals surface area (Å²) in [7, 11) is 0. The number of anilines is 2. The van der Waals surface area contributed by atoms with Gasteiger partial charge in [0.05, 0.1) is 11.4 Å². The van der Waals surface area contributed by atoms with Crippen LogP contribution in [0.25, 0.3) is 0 Å². The Morgan fingerprint density at radius 3 is 0.679 bits per heavy atom. The molecule has 4 heteroatoms. The molecule has 0 heterocycles. The van der Waals surface area contributed by atoms with Gasteiger partial charge in [-0.15, -0.1) is 0 Å². The Labute approximate surface area is 350 Å². The summed E-state index contributed by atoms with van der Waals surface area (Å²) in [4.78, 5) is 25.4. The van der Waals surface area contributed by atoms with Crippen molar-refractivity contribution in [3.63, 3.8) is 0 Å². The molecule has 0 bridgehead atoms. The molecule has 0 spiro atoms. The van der Waals surface area contributed by atoms with Crippen molar-refractivity contribution in [1.29, 1.82) is 0 Å². The molecule has 0 aromatic heterocycles. The van der Waals surface area contributed by atoms with Crippen LogP contribution in [-0.4, -0.2) is 11.8 Å². The Morgan fingerprint density at radius 2 is 0.482 bits per heavy atom. The Hall–Kier alpha value is -1.84. The van der Waals surface area contributed by atoms with E-state index < -0.39 is 0 Å². The number of carbonyl (C=O) groups is 2. The van der Waals surface area contributed by atoms with Crippen LogP contribution < -0.4 is 10.6 Å². The van der Waals surface area contributed by atoms with Gasteiger partial charge in [0.1, 0.15) is 0 Å². The van der Waals surface area contributed by atoms with E-state index in [1.165, 1.54) is 231 Å². The summed E-state index contributed by atoms with van der Waals surface area (Å²) in [6.45, 7) is 4.59. The zero-order valence-electron chi connectivity index (χ0n) is 37.8. The van der Waals surface area contributed by atoms with Gasteiger partial charge < -0.3 is 10.6 Å². The van der Waals surface area contributed by atoms with Gasteiger partial charge >= 0.3 is 0 Å². The second kappa shape index (κ2) is 42.8. The van der Waals surface area contributed by atoms with E-state index in [0.717, 1.165) is 25.7 Å². The quantitative estimate of drug-likeness (QED) is 0.0648. The van der Waals surface area contributed by atoms with Gasteiger partial charge in [0.15, 0.2) is 0 Å². The molecular weight excluding hydrogens is 685 g/mol. The predicted molar refractivity (Wildman–Crippen MR) is 249 cm³/mol. The number of hydrogen-bond donors (Lipinski definition) is 2. The van der Waals surface area contributed by atoms with Gasteiger partial charge in [-0.1, -0.05) is 270 Å². The van der Waals surface area contributed by atoms with Crippen molar-refractivity contribution in [1.82, 2.24) is 0 Å². The summed E-state index contributed by atoms with van der Waals surface area (Å²) >= 11 is 0. The van der Waals surface area contributed by atoms with Crippen molar-refractivity contribution < 1.29 is 9.59 Å². The number of hydrogen-bond acceptors (Lipinski definition) is 2. The van der Waals surface area contributed by atoms with Crippen LogP contribution in [-0.2, 0) is 9.59 Å². The monoisotopic (exact) mass is 781 g/mol. The predicted octanol–water partition coefficient (Wildman–Crippen LogP) is 18.0. The van der Waals surface area contributed by atoms with E-state index in [1.807, 2.05) is 24.3 Å². The maximum atomic E-state index is 12.7. The lowest BCUT2D eigenvalue weighted by Crippen LogP contribution is -2.16. The Morgan fingerprint density at radius 1 is 0.304 bits per heavy atom. The molecule has 0 aliphatic heterocycles. The zero-order chi connectivity index (χ0) is 40.3. The molecule has 326 valence electrons. The van der Waals surface area contributed by atoms with Crippen LogP contribution in [0.1, 0.15) is 284 Å². The molecule has 56 heavy (non-hydrogen) atoms. The van der Waals surface area contributed by atoms with E-state index in [0.29, 0.717) is 24.2 Å². The Kier molecular flexibility index (Phi) is 39.8. The molecule has 2 N–H and O–H groups in total. The minimum atomic E-state index is 0.0446. The second-order valence-electron chi connectivity index (χ2n) is 17.6. The SMILES string of the molecule is CCCCCCCCCCCCCCCCCCCCCCC(=O)Nc1ccccc1NC(=O)CCCCCCCCCCCCCCCCCCCCCC. The molecule has 0 saturated carbocycles. The van der Waals surface area contributed by atoms with Gasteiger partial charge in [0.2, 0.25) is 11.8 Å². The summed E-state index contributed by atoms with van der Waals surface area (Å²) in [6.07, 6.45) is 55.5. The van der Waals surface area contributed by atoms with Crippen LogP contribution in [0.5, 0.6) is 0 Å². The Bertz CT molecular complexity index is 900. The van der Waals surface area contributed by atoms with Crippen LogP contribution in [0.4, 0.5) is 11.4 Å². The van der Waals surface area contributed by atoms with Crippen LogP contribution in [0.3, 0.4) is 0 Å². The molecule has 4 nitrogen and oxygen atoms in total. The number of benzene rings is 1. The topological polar surface area (TPSA) is 58.2 Å². The second-order valence-corrected chi connectivity index (χ2v) is 17.6. The largest absolute Gasteiger partial charge is 0.324 e. The van der Waals surface area contributed by atoms with Gasteiger partial charge in [-0.25, -0.2) is 0 Å². The number of carbonyl (C=O) groups excluding carboxylic acids is 2. The van der Waals surface area contributed by atoms with E-state index in [-0.39, 0.29) is 11.8 Å². The lowest BCUT2D eigenvalue weighted by atomic mass is 10.0. The van der Waals surface area contributed by atoms with Crippen LogP contribution >= 0.6 is 0 Å². The normalized spacial score (nSPS) is 11.3. The maximum Gasteiger partial charge on any atom is 0.224 e.